The number of carbonyl (C=O) groups excluding carboxylic acids is 1. The third kappa shape index (κ3) is 50.0. The van der Waals surface area contributed by atoms with Gasteiger partial charge in [-0.15, -0.1) is 21.4 Å². The van der Waals surface area contributed by atoms with Crippen LogP contribution in [0.4, 0.5) is 5.69 Å². The van der Waals surface area contributed by atoms with Gasteiger partial charge in [0.1, 0.15) is 0 Å². The van der Waals surface area contributed by atoms with Crippen molar-refractivity contribution in [3.05, 3.63) is 70.3 Å². The van der Waals surface area contributed by atoms with Crippen molar-refractivity contribution in [2.75, 3.05) is 31.9 Å². The maximum absolute atomic E-state index is 11.7. The van der Waals surface area contributed by atoms with Crippen LogP contribution < -0.4 is 129 Å². The molecule has 0 aliphatic rings. The minimum Gasteiger partial charge on any atom is -0.444 e. The Morgan fingerprint density at radius 2 is 1.12 bits per heavy atom. The fourth-order valence-corrected chi connectivity index (χ4v) is 1.60. The number of amides is 1. The number of likely N-dealkylation sites (N-methyl/N-ethyl adjacent to an activating group) is 1. The average Bonchev–Trinajstić information content (AvgIpc) is 2.68. The number of hydrogen-bond acceptors (Lipinski definition) is 15. The molecule has 20 heteroatoms. The second-order valence-electron chi connectivity index (χ2n) is 4.20. The van der Waals surface area contributed by atoms with Crippen LogP contribution in [-0.4, -0.2) is 37.0 Å². The van der Waals surface area contributed by atoms with Crippen molar-refractivity contribution in [3.8, 4) is 0 Å². The zero-order valence-electron chi connectivity index (χ0n) is 19.6. The molecule has 1 rings (SSSR count). The van der Waals surface area contributed by atoms with Crippen LogP contribution >= 0.6 is 0 Å². The van der Waals surface area contributed by atoms with E-state index in [1.165, 1.54) is 0 Å². The number of nitrogens with one attached hydrogen (secondary N) is 1. The molecule has 0 fully saturated rings. The van der Waals surface area contributed by atoms with E-state index in [9.17, 15) is 4.79 Å². The molecule has 1 aromatic carbocycles. The molecule has 0 saturated heterocycles. The van der Waals surface area contributed by atoms with Gasteiger partial charge >= 0.3 is 118 Å². The van der Waals surface area contributed by atoms with Gasteiger partial charge in [-0.3, -0.25) is 4.79 Å². The Hall–Kier alpha value is 0.0500. The molecule has 0 saturated carbocycles. The molecule has 0 bridgehead atoms. The molecule has 0 radical (unpaired) electrons. The van der Waals surface area contributed by atoms with Gasteiger partial charge in [0.25, 0.3) is 5.91 Å². The normalized spacial score (nSPS) is 6.88. The van der Waals surface area contributed by atoms with E-state index in [1.807, 2.05) is 0 Å². The molecule has 0 unspecified atom stereocenters. The summed E-state index contributed by atoms with van der Waals surface area (Å²) in [6.07, 6.45) is 0. The van der Waals surface area contributed by atoms with Gasteiger partial charge in [-0.25, -0.2) is 0 Å². The Labute approximate surface area is 278 Å². The van der Waals surface area contributed by atoms with Crippen molar-refractivity contribution in [1.29, 1.82) is 0 Å². The number of benzene rings is 1. The van der Waals surface area contributed by atoms with Gasteiger partial charge in [0.15, 0.2) is 0 Å². The Morgan fingerprint density at radius 3 is 1.39 bits per heavy atom. The minimum absolute atomic E-state index is 0. The van der Waals surface area contributed by atoms with E-state index < -0.39 is 0 Å². The molecule has 16 nitrogen and oxygen atoms in total. The van der Waals surface area contributed by atoms with Crippen molar-refractivity contribution < 1.29 is 123 Å². The Morgan fingerprint density at radius 1 is 0.818 bits per heavy atom. The van der Waals surface area contributed by atoms with Crippen molar-refractivity contribution in [2.45, 2.75) is 13.8 Å². The smallest absolute Gasteiger partial charge is 0.444 e. The van der Waals surface area contributed by atoms with Gasteiger partial charge in [-0.05, 0) is 37.4 Å². The van der Waals surface area contributed by atoms with E-state index in [2.05, 4.69) is 24.1 Å². The molecule has 3 N–H and O–H groups in total. The average molecular weight is 511 g/mol. The number of hydrogen-bond donors (Lipinski definition) is 2. The first kappa shape index (κ1) is 54.1. The quantitative estimate of drug-likeness (QED) is 0.157. The molecule has 0 heterocycles. The van der Waals surface area contributed by atoms with Crippen LogP contribution in [0, 0.1) is 40.5 Å². The van der Waals surface area contributed by atoms with Crippen LogP contribution in [0.25, 0.3) is 0 Å². The number of nitrogens with two attached hydrogens (primary N) is 1. The molecule has 0 aliphatic carbocycles. The van der Waals surface area contributed by atoms with Crippen molar-refractivity contribution in [1.82, 2.24) is 10.2 Å². The zero-order chi connectivity index (χ0) is 23.5. The van der Waals surface area contributed by atoms with Gasteiger partial charge in [0, 0.05) is 24.3 Å². The van der Waals surface area contributed by atoms with Crippen LogP contribution in [0.2, 0.25) is 0 Å². The zero-order valence-corrected chi connectivity index (χ0v) is 27.6. The first-order valence-corrected chi connectivity index (χ1v) is 7.49. The van der Waals surface area contributed by atoms with Gasteiger partial charge in [0.2, 0.25) is 0 Å². The summed E-state index contributed by atoms with van der Waals surface area (Å²) in [7, 11) is 0. The van der Waals surface area contributed by atoms with Crippen LogP contribution in [-0.2, 0) is 0 Å². The summed E-state index contributed by atoms with van der Waals surface area (Å²) in [6, 6.07) is 6.95. The van der Waals surface area contributed by atoms with Gasteiger partial charge < -0.3 is 56.4 Å². The number of rotatable bonds is 6. The summed E-state index contributed by atoms with van der Waals surface area (Å²) >= 11 is 0. The fourth-order valence-electron chi connectivity index (χ4n) is 1.60. The number of nitrogens with zero attached hydrogens (tertiary/aromatic N) is 5. The summed E-state index contributed by atoms with van der Waals surface area (Å²) in [4.78, 5) is 46.0. The molecular formula is C13H21N7Na4O9. The third-order valence-electron chi connectivity index (χ3n) is 2.78. The number of nitrogen functional groups attached to an aromatic ring is 1. The summed E-state index contributed by atoms with van der Waals surface area (Å²) < 4.78 is 0. The number of carbonyl (C=O) groups is 1. The largest absolute Gasteiger partial charge is 1.00 e. The first-order valence-electron chi connectivity index (χ1n) is 7.49. The molecule has 1 amide bonds. The standard InChI is InChI=1S/C13H21N3O.4HNO2.4Na/c1-3-16(4-2)10-9-15-13(17)11-5-7-12(14)8-6-11;4*2-1-3;;;;/h5-8H,3-4,9-10,14H2,1-2H3,(H,15,17);4*(H,2,3);;;;/q;;;;;4*+1/p-4. The summed E-state index contributed by atoms with van der Waals surface area (Å²) in [5.74, 6) is -0.0443. The first-order chi connectivity index (χ1) is 13.8. The van der Waals surface area contributed by atoms with E-state index in [-0.39, 0.29) is 124 Å². The molecule has 166 valence electrons. The Bertz CT molecular complexity index is 521. The molecule has 0 atom stereocenters. The van der Waals surface area contributed by atoms with E-state index >= 15 is 0 Å². The van der Waals surface area contributed by atoms with Gasteiger partial charge in [-0.1, -0.05) is 13.8 Å². The number of anilines is 1. The van der Waals surface area contributed by atoms with Crippen molar-refractivity contribution in [3.63, 3.8) is 0 Å². The summed E-state index contributed by atoms with van der Waals surface area (Å²) in [6.45, 7) is 7.80. The summed E-state index contributed by atoms with van der Waals surface area (Å²) in [5.41, 5.74) is 6.89. The molecule has 0 spiro atoms. The van der Waals surface area contributed by atoms with Crippen LogP contribution in [0.15, 0.2) is 45.6 Å². The van der Waals surface area contributed by atoms with E-state index in [4.69, 9.17) is 46.2 Å². The predicted octanol–water partition coefficient (Wildman–Crippen LogP) is -9.64. The maximum atomic E-state index is 11.7. The Kier molecular flexibility index (Phi) is 80.7. The second kappa shape index (κ2) is 49.2. The van der Waals surface area contributed by atoms with E-state index in [0.29, 0.717) is 17.8 Å². The molecule has 33 heavy (non-hydrogen) atoms. The predicted molar refractivity (Wildman–Crippen MR) is 108 cm³/mol. The van der Waals surface area contributed by atoms with Crippen molar-refractivity contribution >= 4 is 11.6 Å². The molecule has 0 aliphatic heterocycles. The maximum Gasteiger partial charge on any atom is 1.00 e. The fraction of sp³-hybridized carbons (Fsp3) is 0.462. The minimum atomic E-state index is -0.0443. The van der Waals surface area contributed by atoms with E-state index in [1.54, 1.807) is 24.3 Å². The topological polar surface area (TPSA) is 268 Å². The SMILES string of the molecule is CCN(CC)CCNC(=O)c1ccc(N)cc1.O=N[O-].O=N[O-].O=N[O-].O=N[O-].[Na+].[Na+].[Na+].[Na+]. The van der Waals surface area contributed by atoms with Crippen LogP contribution in [0.5, 0.6) is 0 Å². The van der Waals surface area contributed by atoms with Gasteiger partial charge in [-0.2, -0.15) is 0 Å². The summed E-state index contributed by atoms with van der Waals surface area (Å²) in [5, 5.41) is 38.9. The van der Waals surface area contributed by atoms with Crippen LogP contribution in [0.3, 0.4) is 0 Å². The molecule has 0 aromatic heterocycles. The van der Waals surface area contributed by atoms with Gasteiger partial charge in [0.05, 0.1) is 0 Å². The van der Waals surface area contributed by atoms with Crippen molar-refractivity contribution in [2.24, 2.45) is 21.4 Å². The van der Waals surface area contributed by atoms with E-state index in [0.717, 1.165) is 41.0 Å². The third-order valence-corrected chi connectivity index (χ3v) is 2.78. The second-order valence-corrected chi connectivity index (χ2v) is 4.20. The molecule has 1 aromatic rings. The molecular weight excluding hydrogens is 490 g/mol. The van der Waals surface area contributed by atoms with Crippen LogP contribution in [0.1, 0.15) is 24.2 Å². The Balaban J connectivity index is -0.0000000554. The monoisotopic (exact) mass is 511 g/mol.